The molecule has 2 N–H and O–H groups in total. The number of anilines is 2. The minimum atomic E-state index is -0.526. The predicted molar refractivity (Wildman–Crippen MR) is 136 cm³/mol. The third kappa shape index (κ3) is 4.81. The number of urea groups is 1. The number of nitrogens with zero attached hydrogens (tertiary/aromatic N) is 3. The van der Waals surface area contributed by atoms with Gasteiger partial charge in [-0.15, -0.1) is 0 Å². The Labute approximate surface area is 200 Å². The highest BCUT2D eigenvalue weighted by Gasteiger charge is 2.14. The first-order valence-electron chi connectivity index (χ1n) is 10.8. The van der Waals surface area contributed by atoms with Crippen LogP contribution in [0.15, 0.2) is 103 Å². The van der Waals surface area contributed by atoms with E-state index in [4.69, 9.17) is 9.97 Å². The van der Waals surface area contributed by atoms with E-state index < -0.39 is 11.0 Å². The maximum atomic E-state index is 12.5. The molecule has 5 aromatic rings. The van der Waals surface area contributed by atoms with Gasteiger partial charge in [-0.25, -0.2) is 14.8 Å². The molecule has 8 nitrogen and oxygen atoms in total. The molecule has 0 saturated heterocycles. The van der Waals surface area contributed by atoms with Crippen molar-refractivity contribution in [2.24, 2.45) is 0 Å². The first kappa shape index (κ1) is 21.7. The van der Waals surface area contributed by atoms with Crippen LogP contribution in [0.25, 0.3) is 33.5 Å². The van der Waals surface area contributed by atoms with E-state index in [2.05, 4.69) is 10.6 Å². The van der Waals surface area contributed by atoms with Crippen LogP contribution in [0.4, 0.5) is 21.9 Å². The minimum absolute atomic E-state index is 0.105. The van der Waals surface area contributed by atoms with E-state index in [0.717, 1.165) is 22.5 Å². The van der Waals surface area contributed by atoms with Crippen molar-refractivity contribution in [3.63, 3.8) is 0 Å². The molecule has 170 valence electrons. The highest BCUT2D eigenvalue weighted by Crippen LogP contribution is 2.31. The van der Waals surface area contributed by atoms with Gasteiger partial charge in [-0.05, 0) is 24.3 Å². The van der Waals surface area contributed by atoms with Crippen LogP contribution in [0.5, 0.6) is 0 Å². The van der Waals surface area contributed by atoms with Crippen molar-refractivity contribution in [2.45, 2.75) is 0 Å². The van der Waals surface area contributed by atoms with Gasteiger partial charge in [-0.1, -0.05) is 66.7 Å². The number of nitro groups is 1. The van der Waals surface area contributed by atoms with Gasteiger partial charge in [0.1, 0.15) is 0 Å². The lowest BCUT2D eigenvalue weighted by molar-refractivity contribution is -0.384. The zero-order valence-electron chi connectivity index (χ0n) is 18.4. The minimum Gasteiger partial charge on any atom is -0.308 e. The number of aromatic nitrogens is 2. The Morgan fingerprint density at radius 3 is 1.83 bits per heavy atom. The van der Waals surface area contributed by atoms with Crippen LogP contribution >= 0.6 is 0 Å². The van der Waals surface area contributed by atoms with Crippen molar-refractivity contribution in [1.29, 1.82) is 0 Å². The number of amides is 2. The summed E-state index contributed by atoms with van der Waals surface area (Å²) < 4.78 is 0. The summed E-state index contributed by atoms with van der Waals surface area (Å²) in [5, 5.41) is 16.3. The Hall–Kier alpha value is -5.11. The number of carbonyl (C=O) groups is 1. The van der Waals surface area contributed by atoms with E-state index in [1.54, 1.807) is 24.3 Å². The van der Waals surface area contributed by atoms with Gasteiger partial charge in [-0.3, -0.25) is 10.1 Å². The SMILES string of the molecule is O=C(Nc1cccc([N+](=O)[O-])c1)Nc1ccc2nc(-c3ccccc3)c(-c3ccccc3)nc2c1. The molecule has 35 heavy (non-hydrogen) atoms. The van der Waals surface area contributed by atoms with Crippen molar-refractivity contribution in [1.82, 2.24) is 9.97 Å². The molecule has 2 amide bonds. The van der Waals surface area contributed by atoms with Gasteiger partial charge in [0, 0.05) is 34.6 Å². The second kappa shape index (κ2) is 9.40. The monoisotopic (exact) mass is 461 g/mol. The molecule has 0 atom stereocenters. The Morgan fingerprint density at radius 1 is 0.657 bits per heavy atom. The Morgan fingerprint density at radius 2 is 1.23 bits per heavy atom. The molecule has 0 aliphatic carbocycles. The largest absolute Gasteiger partial charge is 0.323 e. The van der Waals surface area contributed by atoms with Crippen molar-refractivity contribution >= 4 is 34.1 Å². The van der Waals surface area contributed by atoms with Crippen LogP contribution in [0.1, 0.15) is 0 Å². The molecule has 0 unspecified atom stereocenters. The first-order valence-corrected chi connectivity index (χ1v) is 10.8. The van der Waals surface area contributed by atoms with Crippen molar-refractivity contribution < 1.29 is 9.72 Å². The number of benzene rings is 4. The highest BCUT2D eigenvalue weighted by atomic mass is 16.6. The van der Waals surface area contributed by atoms with E-state index in [9.17, 15) is 14.9 Å². The average molecular weight is 461 g/mol. The summed E-state index contributed by atoms with van der Waals surface area (Å²) in [4.78, 5) is 32.7. The van der Waals surface area contributed by atoms with E-state index in [1.807, 2.05) is 60.7 Å². The van der Waals surface area contributed by atoms with Gasteiger partial charge in [0.05, 0.1) is 27.3 Å². The predicted octanol–water partition coefficient (Wildman–Crippen LogP) is 6.52. The van der Waals surface area contributed by atoms with Crippen molar-refractivity contribution in [3.8, 4) is 22.5 Å². The highest BCUT2D eigenvalue weighted by molar-refractivity contribution is 6.01. The summed E-state index contributed by atoms with van der Waals surface area (Å²) >= 11 is 0. The lowest BCUT2D eigenvalue weighted by Crippen LogP contribution is -2.19. The number of fused-ring (bicyclic) bond motifs is 1. The second-order valence-electron chi connectivity index (χ2n) is 7.74. The number of carbonyl (C=O) groups excluding carboxylic acids is 1. The number of nitro benzene ring substituents is 1. The van der Waals surface area contributed by atoms with E-state index in [-0.39, 0.29) is 5.69 Å². The van der Waals surface area contributed by atoms with Crippen LogP contribution in [0.2, 0.25) is 0 Å². The molecule has 1 aromatic heterocycles. The Kier molecular flexibility index (Phi) is 5.83. The zero-order chi connectivity index (χ0) is 24.2. The maximum Gasteiger partial charge on any atom is 0.323 e. The van der Waals surface area contributed by atoms with Crippen LogP contribution in [-0.4, -0.2) is 20.9 Å². The summed E-state index contributed by atoms with van der Waals surface area (Å²) in [6, 6.07) is 30.2. The number of non-ortho nitro benzene ring substituents is 1. The van der Waals surface area contributed by atoms with Crippen LogP contribution < -0.4 is 10.6 Å². The Balaban J connectivity index is 1.47. The average Bonchev–Trinajstić information content (AvgIpc) is 2.89. The molecule has 0 spiro atoms. The summed E-state index contributed by atoms with van der Waals surface area (Å²) in [7, 11) is 0. The summed E-state index contributed by atoms with van der Waals surface area (Å²) in [5.41, 5.74) is 5.44. The molecule has 8 heteroatoms. The van der Waals surface area contributed by atoms with Gasteiger partial charge in [0.2, 0.25) is 0 Å². The summed E-state index contributed by atoms with van der Waals surface area (Å²) in [6.45, 7) is 0. The fourth-order valence-corrected chi connectivity index (χ4v) is 3.72. The van der Waals surface area contributed by atoms with Gasteiger partial charge >= 0.3 is 6.03 Å². The number of hydrogen-bond acceptors (Lipinski definition) is 5. The smallest absolute Gasteiger partial charge is 0.308 e. The molecule has 0 aliphatic heterocycles. The molecule has 4 aromatic carbocycles. The van der Waals surface area contributed by atoms with E-state index in [0.29, 0.717) is 22.4 Å². The van der Waals surface area contributed by atoms with Crippen molar-refractivity contribution in [2.75, 3.05) is 10.6 Å². The fraction of sp³-hybridized carbons (Fsp3) is 0. The fourth-order valence-electron chi connectivity index (χ4n) is 3.72. The number of rotatable bonds is 5. The maximum absolute atomic E-state index is 12.5. The second-order valence-corrected chi connectivity index (χ2v) is 7.74. The number of nitrogens with one attached hydrogen (secondary N) is 2. The standard InChI is InChI=1S/C27H19N5O3/c33-27(28-20-12-7-13-22(16-20)32(34)35)29-21-14-15-23-24(17-21)31-26(19-10-5-2-6-11-19)25(30-23)18-8-3-1-4-9-18/h1-17H,(H2,28,29,33). The van der Waals surface area contributed by atoms with Gasteiger partial charge in [-0.2, -0.15) is 0 Å². The molecular weight excluding hydrogens is 442 g/mol. The lowest BCUT2D eigenvalue weighted by atomic mass is 10.0. The molecular formula is C27H19N5O3. The molecule has 0 saturated carbocycles. The quantitative estimate of drug-likeness (QED) is 0.229. The normalized spacial score (nSPS) is 10.6. The van der Waals surface area contributed by atoms with Crippen LogP contribution in [-0.2, 0) is 0 Å². The molecule has 0 aliphatic rings. The van der Waals surface area contributed by atoms with Gasteiger partial charge in [0.15, 0.2) is 0 Å². The van der Waals surface area contributed by atoms with Crippen LogP contribution in [0, 0.1) is 10.1 Å². The van der Waals surface area contributed by atoms with Gasteiger partial charge < -0.3 is 10.6 Å². The zero-order valence-corrected chi connectivity index (χ0v) is 18.4. The topological polar surface area (TPSA) is 110 Å². The molecule has 0 fully saturated rings. The third-order valence-electron chi connectivity index (χ3n) is 5.33. The van der Waals surface area contributed by atoms with Crippen molar-refractivity contribution in [3.05, 3.63) is 113 Å². The van der Waals surface area contributed by atoms with Crippen LogP contribution in [0.3, 0.4) is 0 Å². The van der Waals surface area contributed by atoms with E-state index >= 15 is 0 Å². The summed E-state index contributed by atoms with van der Waals surface area (Å²) in [5.74, 6) is 0. The first-order chi connectivity index (χ1) is 17.1. The summed E-state index contributed by atoms with van der Waals surface area (Å²) in [6.07, 6.45) is 0. The third-order valence-corrected chi connectivity index (χ3v) is 5.33. The molecule has 5 rings (SSSR count). The molecule has 0 radical (unpaired) electrons. The van der Waals surface area contributed by atoms with Gasteiger partial charge in [0.25, 0.3) is 5.69 Å². The molecule has 0 bridgehead atoms. The Bertz CT molecular complexity index is 1540. The number of hydrogen-bond donors (Lipinski definition) is 2. The lowest BCUT2D eigenvalue weighted by Gasteiger charge is -2.12. The van der Waals surface area contributed by atoms with E-state index in [1.165, 1.54) is 18.2 Å². The molecule has 1 heterocycles.